The monoisotopic (exact) mass is 264 g/mol. The molecule has 4 heteroatoms. The second kappa shape index (κ2) is 4.63. The number of ether oxygens (including phenoxy) is 1. The molecule has 0 spiro atoms. The topological polar surface area (TPSA) is 9.23 Å². The first-order valence-electron chi connectivity index (χ1n) is 3.50. The fraction of sp³-hybridized carbons (Fsp3) is 0.111. The summed E-state index contributed by atoms with van der Waals surface area (Å²) in [4.78, 5) is 0. The quantitative estimate of drug-likeness (QED) is 0.808. The molecule has 1 aromatic carbocycles. The van der Waals surface area contributed by atoms with Gasteiger partial charge in [-0.2, -0.15) is 0 Å². The first-order chi connectivity index (χ1) is 6.09. The SMILES string of the molecule is C=C(Br)COc1ccc(F)c(Cl)c1. The van der Waals surface area contributed by atoms with Gasteiger partial charge in [-0.25, -0.2) is 4.39 Å². The van der Waals surface area contributed by atoms with Crippen LogP contribution in [0.25, 0.3) is 0 Å². The Kier molecular flexibility index (Phi) is 3.75. The van der Waals surface area contributed by atoms with E-state index in [1.807, 2.05) is 0 Å². The van der Waals surface area contributed by atoms with Gasteiger partial charge in [0.1, 0.15) is 18.2 Å². The molecule has 0 bridgehead atoms. The molecule has 0 aromatic heterocycles. The standard InChI is InChI=1S/C9H7BrClFO/c1-6(10)5-13-7-2-3-9(12)8(11)4-7/h2-4H,1,5H2. The highest BCUT2D eigenvalue weighted by atomic mass is 79.9. The first-order valence-corrected chi connectivity index (χ1v) is 4.68. The molecule has 0 radical (unpaired) electrons. The van der Waals surface area contributed by atoms with E-state index in [-0.39, 0.29) is 5.02 Å². The van der Waals surface area contributed by atoms with Crippen molar-refractivity contribution in [2.24, 2.45) is 0 Å². The van der Waals surface area contributed by atoms with Gasteiger partial charge in [-0.05, 0) is 12.1 Å². The van der Waals surface area contributed by atoms with Gasteiger partial charge in [0.15, 0.2) is 0 Å². The van der Waals surface area contributed by atoms with E-state index in [1.54, 1.807) is 0 Å². The summed E-state index contributed by atoms with van der Waals surface area (Å²) < 4.78 is 18.6. The Morgan fingerprint density at radius 3 is 2.85 bits per heavy atom. The Labute approximate surface area is 89.3 Å². The number of hydrogen-bond acceptors (Lipinski definition) is 1. The molecule has 0 amide bonds. The van der Waals surface area contributed by atoms with Crippen molar-refractivity contribution in [3.8, 4) is 5.75 Å². The Bertz CT molecular complexity index is 327. The molecule has 0 aliphatic rings. The first kappa shape index (κ1) is 10.5. The van der Waals surface area contributed by atoms with Gasteiger partial charge in [0.2, 0.25) is 0 Å². The molecular formula is C9H7BrClFO. The lowest BCUT2D eigenvalue weighted by molar-refractivity contribution is 0.360. The van der Waals surface area contributed by atoms with E-state index in [4.69, 9.17) is 16.3 Å². The van der Waals surface area contributed by atoms with Crippen LogP contribution < -0.4 is 4.74 Å². The van der Waals surface area contributed by atoms with Crippen LogP contribution >= 0.6 is 27.5 Å². The highest BCUT2D eigenvalue weighted by molar-refractivity contribution is 9.11. The minimum atomic E-state index is -0.452. The molecule has 0 heterocycles. The smallest absolute Gasteiger partial charge is 0.142 e. The minimum absolute atomic E-state index is 0.0534. The molecule has 1 rings (SSSR count). The number of benzene rings is 1. The third-order valence-corrected chi connectivity index (χ3v) is 1.81. The zero-order valence-electron chi connectivity index (χ0n) is 6.69. The van der Waals surface area contributed by atoms with Gasteiger partial charge in [0.05, 0.1) is 5.02 Å². The Hall–Kier alpha value is -0.540. The lowest BCUT2D eigenvalue weighted by Crippen LogP contribution is -1.95. The maximum atomic E-state index is 12.7. The summed E-state index contributed by atoms with van der Waals surface area (Å²) in [5.74, 6) is 0.0682. The molecule has 70 valence electrons. The summed E-state index contributed by atoms with van der Waals surface area (Å²) in [6, 6.07) is 4.19. The van der Waals surface area contributed by atoms with Crippen LogP contribution in [-0.4, -0.2) is 6.61 Å². The summed E-state index contributed by atoms with van der Waals surface area (Å²) in [6.45, 7) is 3.93. The third-order valence-electron chi connectivity index (χ3n) is 1.29. The Balaban J connectivity index is 2.68. The molecule has 0 saturated heterocycles. The maximum absolute atomic E-state index is 12.7. The Morgan fingerprint density at radius 2 is 2.31 bits per heavy atom. The molecule has 0 saturated carbocycles. The number of halogens is 3. The minimum Gasteiger partial charge on any atom is -0.488 e. The van der Waals surface area contributed by atoms with E-state index in [9.17, 15) is 4.39 Å². The van der Waals surface area contributed by atoms with Crippen molar-refractivity contribution in [3.05, 3.63) is 40.1 Å². The van der Waals surface area contributed by atoms with E-state index < -0.39 is 5.82 Å². The van der Waals surface area contributed by atoms with Crippen molar-refractivity contribution in [2.45, 2.75) is 0 Å². The van der Waals surface area contributed by atoms with E-state index in [0.717, 1.165) is 0 Å². The van der Waals surface area contributed by atoms with Crippen molar-refractivity contribution < 1.29 is 9.13 Å². The lowest BCUT2D eigenvalue weighted by Gasteiger charge is -2.04. The fourth-order valence-electron chi connectivity index (χ4n) is 0.728. The fourth-order valence-corrected chi connectivity index (χ4v) is 1.01. The number of hydrogen-bond donors (Lipinski definition) is 0. The lowest BCUT2D eigenvalue weighted by atomic mass is 10.3. The summed E-state index contributed by atoms with van der Waals surface area (Å²) in [7, 11) is 0. The zero-order valence-corrected chi connectivity index (χ0v) is 9.03. The van der Waals surface area contributed by atoms with Gasteiger partial charge in [-0.1, -0.05) is 34.1 Å². The summed E-state index contributed by atoms with van der Waals surface area (Å²) >= 11 is 8.68. The van der Waals surface area contributed by atoms with E-state index in [1.165, 1.54) is 18.2 Å². The van der Waals surface area contributed by atoms with Gasteiger partial charge in [-0.3, -0.25) is 0 Å². The molecule has 0 unspecified atom stereocenters. The van der Waals surface area contributed by atoms with Crippen molar-refractivity contribution >= 4 is 27.5 Å². The van der Waals surface area contributed by atoms with Gasteiger partial charge in [0, 0.05) is 10.5 Å². The van der Waals surface area contributed by atoms with Gasteiger partial charge in [-0.15, -0.1) is 0 Å². The van der Waals surface area contributed by atoms with Crippen molar-refractivity contribution in [1.29, 1.82) is 0 Å². The van der Waals surface area contributed by atoms with Crippen molar-refractivity contribution in [1.82, 2.24) is 0 Å². The normalized spacial score (nSPS) is 9.77. The van der Waals surface area contributed by atoms with Crippen LogP contribution in [-0.2, 0) is 0 Å². The van der Waals surface area contributed by atoms with Crippen molar-refractivity contribution in [2.75, 3.05) is 6.61 Å². The van der Waals surface area contributed by atoms with Crippen LogP contribution in [0, 0.1) is 5.82 Å². The molecule has 1 aromatic rings. The van der Waals surface area contributed by atoms with Crippen LogP contribution in [0.5, 0.6) is 5.75 Å². The van der Waals surface area contributed by atoms with Crippen LogP contribution in [0.3, 0.4) is 0 Å². The molecule has 13 heavy (non-hydrogen) atoms. The second-order valence-corrected chi connectivity index (χ2v) is 3.91. The van der Waals surface area contributed by atoms with Crippen LogP contribution in [0.15, 0.2) is 29.3 Å². The number of rotatable bonds is 3. The molecule has 0 N–H and O–H groups in total. The summed E-state index contributed by atoms with van der Waals surface area (Å²) in [5, 5.41) is 0.0534. The molecule has 0 fully saturated rings. The molecular weight excluding hydrogens is 258 g/mol. The summed E-state index contributed by atoms with van der Waals surface area (Å²) in [5.41, 5.74) is 0. The highest BCUT2D eigenvalue weighted by Crippen LogP contribution is 2.21. The summed E-state index contributed by atoms with van der Waals surface area (Å²) in [6.07, 6.45) is 0. The maximum Gasteiger partial charge on any atom is 0.142 e. The zero-order chi connectivity index (χ0) is 9.84. The largest absolute Gasteiger partial charge is 0.488 e. The van der Waals surface area contributed by atoms with E-state index in [2.05, 4.69) is 22.5 Å². The van der Waals surface area contributed by atoms with Crippen LogP contribution in [0.4, 0.5) is 4.39 Å². The third kappa shape index (κ3) is 3.36. The van der Waals surface area contributed by atoms with Crippen molar-refractivity contribution in [3.63, 3.8) is 0 Å². The highest BCUT2D eigenvalue weighted by Gasteiger charge is 2.01. The molecule has 0 aliphatic carbocycles. The second-order valence-electron chi connectivity index (χ2n) is 2.38. The van der Waals surface area contributed by atoms with Gasteiger partial charge >= 0.3 is 0 Å². The predicted molar refractivity (Wildman–Crippen MR) is 55.0 cm³/mol. The van der Waals surface area contributed by atoms with Crippen LogP contribution in [0.2, 0.25) is 5.02 Å². The van der Waals surface area contributed by atoms with Gasteiger partial charge < -0.3 is 4.74 Å². The predicted octanol–water partition coefficient (Wildman–Crippen LogP) is 3.77. The molecule has 0 aliphatic heterocycles. The Morgan fingerprint density at radius 1 is 1.62 bits per heavy atom. The van der Waals surface area contributed by atoms with E-state index in [0.29, 0.717) is 16.8 Å². The molecule has 0 atom stereocenters. The average Bonchev–Trinajstić information content (AvgIpc) is 2.07. The van der Waals surface area contributed by atoms with Crippen LogP contribution in [0.1, 0.15) is 0 Å². The molecule has 1 nitrogen and oxygen atoms in total. The van der Waals surface area contributed by atoms with Gasteiger partial charge in [0.25, 0.3) is 0 Å². The average molecular weight is 266 g/mol. The van der Waals surface area contributed by atoms with E-state index >= 15 is 0 Å².